The first-order valence-electron chi connectivity index (χ1n) is 5.66. The van der Waals surface area contributed by atoms with Crippen LogP contribution in [0.25, 0.3) is 0 Å². The lowest BCUT2D eigenvalue weighted by molar-refractivity contribution is 0.00477. The maximum atomic E-state index is 9.23. The summed E-state index contributed by atoms with van der Waals surface area (Å²) < 4.78 is 5.54. The SMILES string of the molecule is Oc1ccc(CC2(CCl)CCCOC2)cc1. The molecule has 1 N–H and O–H groups in total. The molecule has 88 valence electrons. The topological polar surface area (TPSA) is 29.5 Å². The molecule has 0 bridgehead atoms. The van der Waals surface area contributed by atoms with Gasteiger partial charge in [0.15, 0.2) is 0 Å². The van der Waals surface area contributed by atoms with Crippen LogP contribution in [0.2, 0.25) is 0 Å². The molecule has 2 nitrogen and oxygen atoms in total. The first kappa shape index (κ1) is 11.7. The first-order valence-corrected chi connectivity index (χ1v) is 6.19. The highest BCUT2D eigenvalue weighted by Gasteiger charge is 2.32. The van der Waals surface area contributed by atoms with Crippen molar-refractivity contribution in [1.82, 2.24) is 0 Å². The van der Waals surface area contributed by atoms with Gasteiger partial charge in [0.1, 0.15) is 5.75 Å². The largest absolute Gasteiger partial charge is 0.508 e. The third-order valence-corrected chi connectivity index (χ3v) is 3.77. The van der Waals surface area contributed by atoms with Crippen LogP contribution in [0.4, 0.5) is 0 Å². The summed E-state index contributed by atoms with van der Waals surface area (Å²) in [6.07, 6.45) is 3.14. The summed E-state index contributed by atoms with van der Waals surface area (Å²) in [5, 5.41) is 9.23. The summed E-state index contributed by atoms with van der Waals surface area (Å²) in [7, 11) is 0. The predicted molar refractivity (Wildman–Crippen MR) is 65.0 cm³/mol. The van der Waals surface area contributed by atoms with Crippen molar-refractivity contribution in [3.63, 3.8) is 0 Å². The molecule has 1 atom stereocenters. The number of hydrogen-bond donors (Lipinski definition) is 1. The van der Waals surface area contributed by atoms with Gasteiger partial charge in [0.25, 0.3) is 0 Å². The quantitative estimate of drug-likeness (QED) is 0.824. The van der Waals surface area contributed by atoms with E-state index in [4.69, 9.17) is 16.3 Å². The van der Waals surface area contributed by atoms with E-state index in [-0.39, 0.29) is 5.41 Å². The third kappa shape index (κ3) is 2.69. The van der Waals surface area contributed by atoms with Crippen molar-refractivity contribution >= 4 is 11.6 Å². The van der Waals surface area contributed by atoms with Crippen molar-refractivity contribution in [1.29, 1.82) is 0 Å². The minimum Gasteiger partial charge on any atom is -0.508 e. The fourth-order valence-electron chi connectivity index (χ4n) is 2.25. The summed E-state index contributed by atoms with van der Waals surface area (Å²) in [6, 6.07) is 7.36. The van der Waals surface area contributed by atoms with Gasteiger partial charge in [0.2, 0.25) is 0 Å². The highest BCUT2D eigenvalue weighted by Crippen LogP contribution is 2.34. The second kappa shape index (κ2) is 5.07. The van der Waals surface area contributed by atoms with Gasteiger partial charge in [-0.1, -0.05) is 12.1 Å². The zero-order chi connectivity index (χ0) is 11.4. The number of aromatic hydroxyl groups is 1. The molecule has 1 aliphatic heterocycles. The minimum absolute atomic E-state index is 0.0801. The highest BCUT2D eigenvalue weighted by molar-refractivity contribution is 6.18. The Morgan fingerprint density at radius 3 is 2.62 bits per heavy atom. The fourth-order valence-corrected chi connectivity index (χ4v) is 2.55. The number of hydrogen-bond acceptors (Lipinski definition) is 2. The van der Waals surface area contributed by atoms with Crippen molar-refractivity contribution in [2.75, 3.05) is 19.1 Å². The van der Waals surface area contributed by atoms with E-state index in [1.165, 1.54) is 5.56 Å². The van der Waals surface area contributed by atoms with Crippen LogP contribution in [0.3, 0.4) is 0 Å². The number of phenolic OH excluding ortho intramolecular Hbond substituents is 1. The van der Waals surface area contributed by atoms with Crippen molar-refractivity contribution in [2.45, 2.75) is 19.3 Å². The lowest BCUT2D eigenvalue weighted by atomic mass is 9.79. The average Bonchev–Trinajstić information content (AvgIpc) is 2.33. The van der Waals surface area contributed by atoms with Crippen LogP contribution < -0.4 is 0 Å². The van der Waals surface area contributed by atoms with Gasteiger partial charge < -0.3 is 9.84 Å². The molecule has 1 heterocycles. The predicted octanol–water partition coefficient (Wildman–Crippen LogP) is 2.97. The molecule has 2 rings (SSSR count). The minimum atomic E-state index is 0.0801. The van der Waals surface area contributed by atoms with Gasteiger partial charge in [0, 0.05) is 17.9 Å². The lowest BCUT2D eigenvalue weighted by Gasteiger charge is -2.35. The van der Waals surface area contributed by atoms with Crippen molar-refractivity contribution in [3.8, 4) is 5.75 Å². The van der Waals surface area contributed by atoms with Gasteiger partial charge in [-0.2, -0.15) is 0 Å². The fraction of sp³-hybridized carbons (Fsp3) is 0.538. The molecule has 0 radical (unpaired) electrons. The van der Waals surface area contributed by atoms with Gasteiger partial charge in [0.05, 0.1) is 6.61 Å². The van der Waals surface area contributed by atoms with Crippen molar-refractivity contribution in [2.24, 2.45) is 5.41 Å². The summed E-state index contributed by atoms with van der Waals surface area (Å²) in [5.41, 5.74) is 1.29. The van der Waals surface area contributed by atoms with Gasteiger partial charge in [-0.25, -0.2) is 0 Å². The molecule has 0 saturated carbocycles. The molecule has 1 saturated heterocycles. The van der Waals surface area contributed by atoms with Gasteiger partial charge in [-0.05, 0) is 37.0 Å². The van der Waals surface area contributed by atoms with Crippen LogP contribution in [0.15, 0.2) is 24.3 Å². The second-order valence-electron chi connectivity index (χ2n) is 4.63. The molecule has 3 heteroatoms. The molecule has 1 aromatic rings. The van der Waals surface area contributed by atoms with Crippen LogP contribution in [-0.4, -0.2) is 24.2 Å². The number of benzene rings is 1. The molecular formula is C13H17ClO2. The smallest absolute Gasteiger partial charge is 0.115 e. The van der Waals surface area contributed by atoms with Crippen LogP contribution in [0, 0.1) is 5.41 Å². The second-order valence-corrected chi connectivity index (χ2v) is 4.90. The summed E-state index contributed by atoms with van der Waals surface area (Å²) in [4.78, 5) is 0. The van der Waals surface area contributed by atoms with E-state index in [9.17, 15) is 5.11 Å². The number of rotatable bonds is 3. The normalized spacial score (nSPS) is 25.6. The van der Waals surface area contributed by atoms with Crippen LogP contribution >= 0.6 is 11.6 Å². The molecule has 0 aromatic heterocycles. The van der Waals surface area contributed by atoms with Crippen LogP contribution in [0.5, 0.6) is 5.75 Å². The third-order valence-electron chi connectivity index (χ3n) is 3.20. The molecule has 16 heavy (non-hydrogen) atoms. The monoisotopic (exact) mass is 240 g/mol. The molecule has 1 aromatic carbocycles. The summed E-state index contributed by atoms with van der Waals surface area (Å²) in [6.45, 7) is 1.60. The number of ether oxygens (including phenoxy) is 1. The zero-order valence-electron chi connectivity index (χ0n) is 9.29. The Morgan fingerprint density at radius 1 is 1.31 bits per heavy atom. The Morgan fingerprint density at radius 2 is 2.06 bits per heavy atom. The van der Waals surface area contributed by atoms with E-state index in [2.05, 4.69) is 0 Å². The lowest BCUT2D eigenvalue weighted by Crippen LogP contribution is -2.35. The van der Waals surface area contributed by atoms with Crippen molar-refractivity contribution in [3.05, 3.63) is 29.8 Å². The van der Waals surface area contributed by atoms with E-state index in [1.54, 1.807) is 12.1 Å². The van der Waals surface area contributed by atoms with Crippen LogP contribution in [-0.2, 0) is 11.2 Å². The van der Waals surface area contributed by atoms with E-state index in [1.807, 2.05) is 12.1 Å². The van der Waals surface area contributed by atoms with E-state index in [0.29, 0.717) is 11.6 Å². The summed E-state index contributed by atoms with van der Waals surface area (Å²) >= 11 is 6.09. The molecule has 0 aliphatic carbocycles. The summed E-state index contributed by atoms with van der Waals surface area (Å²) in [5.74, 6) is 0.942. The van der Waals surface area contributed by atoms with E-state index in [0.717, 1.165) is 32.5 Å². The number of halogens is 1. The Balaban J connectivity index is 2.08. The first-order chi connectivity index (χ1) is 7.74. The molecule has 1 fully saturated rings. The standard InChI is InChI=1S/C13H17ClO2/c14-9-13(6-1-7-16-10-13)8-11-2-4-12(15)5-3-11/h2-5,15H,1,6-10H2. The maximum absolute atomic E-state index is 9.23. The van der Waals surface area contributed by atoms with Gasteiger partial charge >= 0.3 is 0 Å². The van der Waals surface area contributed by atoms with E-state index >= 15 is 0 Å². The Bertz CT molecular complexity index is 328. The molecule has 1 unspecified atom stereocenters. The van der Waals surface area contributed by atoms with Crippen molar-refractivity contribution < 1.29 is 9.84 Å². The molecule has 0 spiro atoms. The maximum Gasteiger partial charge on any atom is 0.115 e. The molecule has 0 amide bonds. The average molecular weight is 241 g/mol. The number of phenols is 1. The van der Waals surface area contributed by atoms with E-state index < -0.39 is 0 Å². The highest BCUT2D eigenvalue weighted by atomic mass is 35.5. The van der Waals surface area contributed by atoms with Gasteiger partial charge in [-0.3, -0.25) is 0 Å². The Labute approximate surface area is 101 Å². The van der Waals surface area contributed by atoms with Crippen LogP contribution in [0.1, 0.15) is 18.4 Å². The Kier molecular flexibility index (Phi) is 3.72. The molecule has 1 aliphatic rings. The Hall–Kier alpha value is -0.730. The zero-order valence-corrected chi connectivity index (χ0v) is 10.0. The van der Waals surface area contributed by atoms with Gasteiger partial charge in [-0.15, -0.1) is 11.6 Å². The molecular weight excluding hydrogens is 224 g/mol. The number of alkyl halides is 1.